The van der Waals surface area contributed by atoms with Gasteiger partial charge in [0, 0.05) is 27.2 Å². The van der Waals surface area contributed by atoms with Crippen LogP contribution in [0.25, 0.3) is 22.6 Å². The van der Waals surface area contributed by atoms with Crippen molar-refractivity contribution in [3.63, 3.8) is 0 Å². The van der Waals surface area contributed by atoms with Gasteiger partial charge in [-0.15, -0.1) is 0 Å². The second kappa shape index (κ2) is 7.75. The molecule has 0 radical (unpaired) electrons. The molecule has 0 unspecified atom stereocenters. The summed E-state index contributed by atoms with van der Waals surface area (Å²) in [6, 6.07) is 12.3. The molecule has 0 aliphatic rings. The maximum atomic E-state index is 12.4. The van der Waals surface area contributed by atoms with E-state index in [0.29, 0.717) is 43.3 Å². The maximum absolute atomic E-state index is 12.4. The van der Waals surface area contributed by atoms with Gasteiger partial charge in [0.15, 0.2) is 0 Å². The van der Waals surface area contributed by atoms with E-state index in [1.165, 1.54) is 0 Å². The number of anilines is 1. The third-order valence-corrected chi connectivity index (χ3v) is 4.48. The summed E-state index contributed by atoms with van der Waals surface area (Å²) in [6.07, 6.45) is 1.61. The Morgan fingerprint density at radius 3 is 2.63 bits per heavy atom. The zero-order valence-electron chi connectivity index (χ0n) is 14.3. The number of allylic oxidation sites excluding steroid dienone is 1. The second-order valence-corrected chi connectivity index (χ2v) is 6.58. The van der Waals surface area contributed by atoms with Crippen molar-refractivity contribution in [3.8, 4) is 6.07 Å². The summed E-state index contributed by atoms with van der Waals surface area (Å²) >= 11 is 12.4. The first-order valence-electron chi connectivity index (χ1n) is 8.10. The number of carbonyl (C=O) groups excluding carboxylic acids is 1. The molecule has 136 valence electrons. The van der Waals surface area contributed by atoms with Crippen LogP contribution in [0.2, 0.25) is 10.0 Å². The Bertz CT molecular complexity index is 1090. The van der Waals surface area contributed by atoms with Gasteiger partial charge in [0.05, 0.1) is 23.3 Å². The third-order valence-electron chi connectivity index (χ3n) is 3.96. The van der Waals surface area contributed by atoms with Gasteiger partial charge in [-0.3, -0.25) is 0 Å². The number of H-pyrrole nitrogens is 1. The molecule has 5 nitrogen and oxygen atoms in total. The minimum atomic E-state index is -0.540. The van der Waals surface area contributed by atoms with Crippen molar-refractivity contribution in [2.75, 3.05) is 12.3 Å². The van der Waals surface area contributed by atoms with Crippen LogP contribution < -0.4 is 5.73 Å². The molecule has 1 heterocycles. The standard InChI is InChI=1S/C20H15Cl2N3O2/c1-2-27-20(26)19-15(18-16(22)8-13(21)9-17(18)25-19)7-12(10-23)11-3-5-14(24)6-4-11/h3-9,25H,2,24H2,1H3/b12-7-. The van der Waals surface area contributed by atoms with Crippen molar-refractivity contribution in [1.82, 2.24) is 4.98 Å². The first-order chi connectivity index (χ1) is 12.9. The van der Waals surface area contributed by atoms with Gasteiger partial charge in [0.2, 0.25) is 0 Å². The summed E-state index contributed by atoms with van der Waals surface area (Å²) in [4.78, 5) is 15.4. The fourth-order valence-corrected chi connectivity index (χ4v) is 3.36. The number of halogens is 2. The third kappa shape index (κ3) is 3.77. The normalized spacial score (nSPS) is 11.4. The van der Waals surface area contributed by atoms with Crippen molar-refractivity contribution in [2.45, 2.75) is 6.92 Å². The van der Waals surface area contributed by atoms with Gasteiger partial charge < -0.3 is 15.5 Å². The molecule has 0 spiro atoms. The first kappa shape index (κ1) is 18.8. The average Bonchev–Trinajstić information content (AvgIpc) is 2.99. The Morgan fingerprint density at radius 2 is 2.00 bits per heavy atom. The number of hydrogen-bond donors (Lipinski definition) is 2. The van der Waals surface area contributed by atoms with E-state index in [0.717, 1.165) is 0 Å². The van der Waals surface area contributed by atoms with Gasteiger partial charge in [0.25, 0.3) is 0 Å². The lowest BCUT2D eigenvalue weighted by Crippen LogP contribution is -2.06. The smallest absolute Gasteiger partial charge is 0.355 e. The number of nitrogens with one attached hydrogen (secondary N) is 1. The maximum Gasteiger partial charge on any atom is 0.355 e. The molecule has 0 atom stereocenters. The Labute approximate surface area is 165 Å². The highest BCUT2D eigenvalue weighted by molar-refractivity contribution is 6.39. The zero-order chi connectivity index (χ0) is 19.6. The molecule has 0 amide bonds. The average molecular weight is 400 g/mol. The van der Waals surface area contributed by atoms with Gasteiger partial charge in [-0.1, -0.05) is 35.3 Å². The van der Waals surface area contributed by atoms with Crippen molar-refractivity contribution >= 4 is 57.4 Å². The number of fused-ring (bicyclic) bond motifs is 1. The summed E-state index contributed by atoms with van der Waals surface area (Å²) < 4.78 is 5.13. The lowest BCUT2D eigenvalue weighted by atomic mass is 10.0. The summed E-state index contributed by atoms with van der Waals surface area (Å²) in [6.45, 7) is 1.93. The van der Waals surface area contributed by atoms with E-state index in [1.807, 2.05) is 0 Å². The Balaban J connectivity index is 2.27. The van der Waals surface area contributed by atoms with E-state index >= 15 is 0 Å². The minimum absolute atomic E-state index is 0.208. The molecular weight excluding hydrogens is 385 g/mol. The summed E-state index contributed by atoms with van der Waals surface area (Å²) in [7, 11) is 0. The lowest BCUT2D eigenvalue weighted by Gasteiger charge is -2.04. The highest BCUT2D eigenvalue weighted by Crippen LogP contribution is 2.35. The molecule has 1 aromatic heterocycles. The molecular formula is C20H15Cl2N3O2. The van der Waals surface area contributed by atoms with Crippen LogP contribution in [0.15, 0.2) is 36.4 Å². The van der Waals surface area contributed by atoms with Crippen molar-refractivity contribution in [3.05, 3.63) is 63.3 Å². The molecule has 0 saturated carbocycles. The molecule has 3 aromatic rings. The van der Waals surface area contributed by atoms with Crippen LogP contribution in [0.1, 0.15) is 28.5 Å². The summed E-state index contributed by atoms with van der Waals surface area (Å²) in [5.74, 6) is -0.540. The van der Waals surface area contributed by atoms with Crippen LogP contribution in [-0.4, -0.2) is 17.6 Å². The largest absolute Gasteiger partial charge is 0.461 e. The number of nitrogen functional groups attached to an aromatic ring is 1. The monoisotopic (exact) mass is 399 g/mol. The molecule has 27 heavy (non-hydrogen) atoms. The number of carbonyl (C=O) groups is 1. The van der Waals surface area contributed by atoms with Crippen molar-refractivity contribution in [1.29, 1.82) is 5.26 Å². The molecule has 0 bridgehead atoms. The van der Waals surface area contributed by atoms with E-state index in [2.05, 4.69) is 11.1 Å². The Hall–Kier alpha value is -2.94. The topological polar surface area (TPSA) is 91.9 Å². The fourth-order valence-electron chi connectivity index (χ4n) is 2.77. The van der Waals surface area contributed by atoms with Crippen LogP contribution in [0.3, 0.4) is 0 Å². The van der Waals surface area contributed by atoms with Gasteiger partial charge in [-0.2, -0.15) is 5.26 Å². The van der Waals surface area contributed by atoms with Gasteiger partial charge >= 0.3 is 5.97 Å². The Morgan fingerprint density at radius 1 is 1.30 bits per heavy atom. The molecule has 2 aromatic carbocycles. The number of ether oxygens (including phenoxy) is 1. The zero-order valence-corrected chi connectivity index (χ0v) is 15.9. The number of aromatic nitrogens is 1. The minimum Gasteiger partial charge on any atom is -0.461 e. The number of aromatic amines is 1. The SMILES string of the molecule is CCOC(=O)c1[nH]c2cc(Cl)cc(Cl)c2c1/C=C(/C#N)c1ccc(N)cc1. The highest BCUT2D eigenvalue weighted by atomic mass is 35.5. The second-order valence-electron chi connectivity index (χ2n) is 5.74. The molecule has 0 fully saturated rings. The highest BCUT2D eigenvalue weighted by Gasteiger charge is 2.20. The number of esters is 1. The lowest BCUT2D eigenvalue weighted by molar-refractivity contribution is 0.0520. The summed E-state index contributed by atoms with van der Waals surface area (Å²) in [5.41, 5.74) is 8.58. The number of benzene rings is 2. The van der Waals surface area contributed by atoms with Crippen LogP contribution in [-0.2, 0) is 4.74 Å². The van der Waals surface area contributed by atoms with E-state index in [9.17, 15) is 10.1 Å². The first-order valence-corrected chi connectivity index (χ1v) is 8.85. The number of hydrogen-bond acceptors (Lipinski definition) is 4. The van der Waals surface area contributed by atoms with Crippen LogP contribution >= 0.6 is 23.2 Å². The van der Waals surface area contributed by atoms with E-state index in [1.54, 1.807) is 49.4 Å². The fraction of sp³-hybridized carbons (Fsp3) is 0.100. The number of nitriles is 1. The van der Waals surface area contributed by atoms with E-state index in [-0.39, 0.29) is 12.3 Å². The van der Waals surface area contributed by atoms with E-state index < -0.39 is 5.97 Å². The molecule has 0 saturated heterocycles. The summed E-state index contributed by atoms with van der Waals surface area (Å²) in [5, 5.41) is 11.0. The predicted octanol–water partition coefficient (Wildman–Crippen LogP) is 5.30. The number of rotatable bonds is 4. The van der Waals surface area contributed by atoms with Gasteiger partial charge in [-0.25, -0.2) is 4.79 Å². The van der Waals surface area contributed by atoms with Crippen LogP contribution in [0, 0.1) is 11.3 Å². The van der Waals surface area contributed by atoms with Crippen LogP contribution in [0.5, 0.6) is 0 Å². The quantitative estimate of drug-likeness (QED) is 0.353. The molecule has 3 N–H and O–H groups in total. The van der Waals surface area contributed by atoms with Crippen molar-refractivity contribution < 1.29 is 9.53 Å². The molecule has 3 rings (SSSR count). The number of nitrogens with zero attached hydrogens (tertiary/aromatic N) is 1. The van der Waals surface area contributed by atoms with Gasteiger partial charge in [0.1, 0.15) is 5.69 Å². The molecule has 0 aliphatic carbocycles. The predicted molar refractivity (Wildman–Crippen MR) is 109 cm³/mol. The van der Waals surface area contributed by atoms with Crippen LogP contribution in [0.4, 0.5) is 5.69 Å². The number of nitrogens with two attached hydrogens (primary N) is 1. The molecule has 7 heteroatoms. The van der Waals surface area contributed by atoms with Gasteiger partial charge in [-0.05, 0) is 42.8 Å². The molecule has 0 aliphatic heterocycles. The van der Waals surface area contributed by atoms with Crippen molar-refractivity contribution in [2.24, 2.45) is 0 Å². The Kier molecular flexibility index (Phi) is 5.41. The van der Waals surface area contributed by atoms with E-state index in [4.69, 9.17) is 33.7 Å².